The molecule has 0 aliphatic heterocycles. The van der Waals surface area contributed by atoms with E-state index in [0.29, 0.717) is 17.4 Å². The highest BCUT2D eigenvalue weighted by Crippen LogP contribution is 2.31. The summed E-state index contributed by atoms with van der Waals surface area (Å²) in [4.78, 5) is 0.421. The summed E-state index contributed by atoms with van der Waals surface area (Å²) in [5.41, 5.74) is 2.87. The van der Waals surface area contributed by atoms with Gasteiger partial charge in [-0.1, -0.05) is 19.9 Å². The lowest BCUT2D eigenvalue weighted by molar-refractivity contribution is 0.577. The minimum Gasteiger partial charge on any atom is -0.313 e. The van der Waals surface area contributed by atoms with Gasteiger partial charge in [0, 0.05) is 12.6 Å². The normalized spacial score (nSPS) is 22.0. The minimum atomic E-state index is -3.41. The summed E-state index contributed by atoms with van der Waals surface area (Å²) in [5, 5.41) is 3.23. The van der Waals surface area contributed by atoms with Gasteiger partial charge in [0.2, 0.25) is 10.0 Å². The molecule has 2 rings (SSSR count). The highest BCUT2D eigenvalue weighted by Gasteiger charge is 2.36. The lowest BCUT2D eigenvalue weighted by Crippen LogP contribution is -2.28. The molecule has 1 fully saturated rings. The summed E-state index contributed by atoms with van der Waals surface area (Å²) in [6, 6.07) is 3.95. The first-order chi connectivity index (χ1) is 9.35. The smallest absolute Gasteiger partial charge is 0.241 e. The maximum atomic E-state index is 12.5. The molecule has 112 valence electrons. The molecular formula is C15H24N2O2S. The van der Waals surface area contributed by atoms with Crippen LogP contribution in [0.3, 0.4) is 0 Å². The van der Waals surface area contributed by atoms with Crippen LogP contribution in [0.2, 0.25) is 0 Å². The van der Waals surface area contributed by atoms with Crippen LogP contribution in [-0.2, 0) is 16.6 Å². The number of nitrogens with one attached hydrogen (secondary N) is 2. The van der Waals surface area contributed by atoms with E-state index >= 15 is 0 Å². The molecule has 0 aromatic heterocycles. The Hall–Kier alpha value is -0.910. The van der Waals surface area contributed by atoms with Crippen molar-refractivity contribution in [1.29, 1.82) is 0 Å². The van der Waals surface area contributed by atoms with Gasteiger partial charge >= 0.3 is 0 Å². The average Bonchev–Trinajstić information content (AvgIpc) is 3.04. The van der Waals surface area contributed by atoms with Gasteiger partial charge in [-0.2, -0.15) is 0 Å². The molecule has 1 aliphatic rings. The van der Waals surface area contributed by atoms with Crippen LogP contribution in [0.1, 0.15) is 37.0 Å². The molecule has 2 N–H and O–H groups in total. The van der Waals surface area contributed by atoms with Gasteiger partial charge in [0.05, 0.1) is 4.90 Å². The monoisotopic (exact) mass is 296 g/mol. The third-order valence-electron chi connectivity index (χ3n) is 3.96. The number of sulfonamides is 1. The van der Waals surface area contributed by atoms with E-state index in [4.69, 9.17) is 0 Å². The number of rotatable bonds is 6. The molecule has 1 aliphatic carbocycles. The van der Waals surface area contributed by atoms with Crippen LogP contribution in [0.5, 0.6) is 0 Å². The van der Waals surface area contributed by atoms with E-state index in [9.17, 15) is 8.42 Å². The lowest BCUT2D eigenvalue weighted by Gasteiger charge is -2.14. The van der Waals surface area contributed by atoms with Gasteiger partial charge in [0.15, 0.2) is 0 Å². The Kier molecular flexibility index (Phi) is 4.52. The van der Waals surface area contributed by atoms with Gasteiger partial charge in [-0.25, -0.2) is 13.1 Å². The number of aryl methyl sites for hydroxylation is 1. The first kappa shape index (κ1) is 15.5. The molecule has 2 unspecified atom stereocenters. The van der Waals surface area contributed by atoms with E-state index in [1.807, 2.05) is 20.8 Å². The molecule has 2 atom stereocenters. The van der Waals surface area contributed by atoms with E-state index in [1.54, 1.807) is 6.07 Å². The molecule has 5 heteroatoms. The van der Waals surface area contributed by atoms with Crippen LogP contribution < -0.4 is 10.0 Å². The van der Waals surface area contributed by atoms with Crippen molar-refractivity contribution in [2.75, 3.05) is 6.54 Å². The van der Waals surface area contributed by atoms with E-state index in [1.165, 1.54) is 0 Å². The van der Waals surface area contributed by atoms with E-state index in [0.717, 1.165) is 29.7 Å². The second-order valence-electron chi connectivity index (χ2n) is 5.76. The highest BCUT2D eigenvalue weighted by molar-refractivity contribution is 7.89. The predicted octanol–water partition coefficient (Wildman–Crippen LogP) is 2.10. The largest absolute Gasteiger partial charge is 0.313 e. The van der Waals surface area contributed by atoms with Crippen molar-refractivity contribution >= 4 is 10.0 Å². The third kappa shape index (κ3) is 3.40. The molecule has 1 saturated carbocycles. The SMILES string of the molecule is CCNCc1cc(C)c(C)c(S(=O)(=O)NC2CC2C)c1. The van der Waals surface area contributed by atoms with Crippen molar-refractivity contribution in [1.82, 2.24) is 10.0 Å². The van der Waals surface area contributed by atoms with E-state index in [-0.39, 0.29) is 6.04 Å². The van der Waals surface area contributed by atoms with Crippen LogP contribution in [0, 0.1) is 19.8 Å². The molecule has 4 nitrogen and oxygen atoms in total. The fraction of sp³-hybridized carbons (Fsp3) is 0.600. The Balaban J connectivity index is 2.31. The van der Waals surface area contributed by atoms with Crippen LogP contribution in [0.4, 0.5) is 0 Å². The van der Waals surface area contributed by atoms with Crippen molar-refractivity contribution < 1.29 is 8.42 Å². The molecule has 0 spiro atoms. The van der Waals surface area contributed by atoms with Crippen LogP contribution in [0.25, 0.3) is 0 Å². The Morgan fingerprint density at radius 1 is 1.30 bits per heavy atom. The first-order valence-corrected chi connectivity index (χ1v) is 8.66. The molecule has 20 heavy (non-hydrogen) atoms. The molecule has 0 amide bonds. The van der Waals surface area contributed by atoms with Gasteiger partial charge in [-0.05, 0) is 55.5 Å². The quantitative estimate of drug-likeness (QED) is 0.845. The van der Waals surface area contributed by atoms with Crippen molar-refractivity contribution in [3.8, 4) is 0 Å². The molecular weight excluding hydrogens is 272 g/mol. The Morgan fingerprint density at radius 3 is 2.50 bits per heavy atom. The summed E-state index contributed by atoms with van der Waals surface area (Å²) in [7, 11) is -3.41. The van der Waals surface area contributed by atoms with E-state index in [2.05, 4.69) is 23.0 Å². The predicted molar refractivity (Wildman–Crippen MR) is 81.2 cm³/mol. The van der Waals surface area contributed by atoms with Crippen molar-refractivity contribution in [2.24, 2.45) is 5.92 Å². The number of hydrogen-bond acceptors (Lipinski definition) is 3. The second-order valence-corrected chi connectivity index (χ2v) is 7.44. The molecule has 0 radical (unpaired) electrons. The lowest BCUT2D eigenvalue weighted by atomic mass is 10.1. The molecule has 1 aromatic carbocycles. The summed E-state index contributed by atoms with van der Waals surface area (Å²) in [6.07, 6.45) is 0.939. The fourth-order valence-corrected chi connectivity index (χ4v) is 4.02. The average molecular weight is 296 g/mol. The summed E-state index contributed by atoms with van der Waals surface area (Å²) in [6.45, 7) is 9.50. The molecule has 0 saturated heterocycles. The zero-order chi connectivity index (χ0) is 14.9. The van der Waals surface area contributed by atoms with Crippen molar-refractivity contribution in [3.05, 3.63) is 28.8 Å². The van der Waals surface area contributed by atoms with Crippen LogP contribution in [0.15, 0.2) is 17.0 Å². The standard InChI is InChI=1S/C15H24N2O2S/c1-5-16-9-13-6-10(2)12(4)15(8-13)20(18,19)17-14-7-11(14)3/h6,8,11,14,16-17H,5,7,9H2,1-4H3. The van der Waals surface area contributed by atoms with Crippen molar-refractivity contribution in [2.45, 2.75) is 51.6 Å². The second kappa shape index (κ2) is 5.84. The maximum absolute atomic E-state index is 12.5. The van der Waals surface area contributed by atoms with Gasteiger partial charge in [0.25, 0.3) is 0 Å². The topological polar surface area (TPSA) is 58.2 Å². The molecule has 0 heterocycles. The summed E-state index contributed by atoms with van der Waals surface area (Å²) in [5.74, 6) is 0.455. The first-order valence-electron chi connectivity index (χ1n) is 7.18. The fourth-order valence-electron chi connectivity index (χ4n) is 2.30. The van der Waals surface area contributed by atoms with Gasteiger partial charge < -0.3 is 5.32 Å². The van der Waals surface area contributed by atoms with E-state index < -0.39 is 10.0 Å². The van der Waals surface area contributed by atoms with Gasteiger partial charge in [-0.15, -0.1) is 0 Å². The third-order valence-corrected chi connectivity index (χ3v) is 5.58. The number of benzene rings is 1. The Morgan fingerprint density at radius 2 is 1.95 bits per heavy atom. The molecule has 1 aromatic rings. The summed E-state index contributed by atoms with van der Waals surface area (Å²) < 4.78 is 27.8. The summed E-state index contributed by atoms with van der Waals surface area (Å²) >= 11 is 0. The Bertz CT molecular complexity index is 596. The highest BCUT2D eigenvalue weighted by atomic mass is 32.2. The van der Waals surface area contributed by atoms with Crippen LogP contribution in [-0.4, -0.2) is 21.0 Å². The zero-order valence-corrected chi connectivity index (χ0v) is 13.5. The van der Waals surface area contributed by atoms with Gasteiger partial charge in [0.1, 0.15) is 0 Å². The van der Waals surface area contributed by atoms with Gasteiger partial charge in [-0.3, -0.25) is 0 Å². The minimum absolute atomic E-state index is 0.108. The maximum Gasteiger partial charge on any atom is 0.241 e. The Labute approximate surface area is 122 Å². The van der Waals surface area contributed by atoms with Crippen LogP contribution >= 0.6 is 0 Å². The molecule has 0 bridgehead atoms. The zero-order valence-electron chi connectivity index (χ0n) is 12.7. The van der Waals surface area contributed by atoms with Crippen molar-refractivity contribution in [3.63, 3.8) is 0 Å². The number of hydrogen-bond donors (Lipinski definition) is 2.